The summed E-state index contributed by atoms with van der Waals surface area (Å²) in [6.07, 6.45) is 9.00. The standard InChI is InChI=1S/C30H38O4/c1-5-7-9-11-13-27(31)33-29-23-17-15-21(3)19-25(23)30(26-20-22(4)16-18-24(26)29)34-28(32)14-12-10-8-6-2/h15-20H,5-14H2,1-4H3. The van der Waals surface area contributed by atoms with Gasteiger partial charge >= 0.3 is 11.9 Å². The summed E-state index contributed by atoms with van der Waals surface area (Å²) >= 11 is 0. The lowest BCUT2D eigenvalue weighted by Gasteiger charge is -2.17. The van der Waals surface area contributed by atoms with Crippen LogP contribution in [-0.2, 0) is 9.59 Å². The van der Waals surface area contributed by atoms with E-state index in [1.165, 1.54) is 0 Å². The van der Waals surface area contributed by atoms with Gasteiger partial charge in [-0.1, -0.05) is 87.8 Å². The van der Waals surface area contributed by atoms with E-state index in [1.807, 2.05) is 50.2 Å². The van der Waals surface area contributed by atoms with Gasteiger partial charge in [0.25, 0.3) is 0 Å². The Morgan fingerprint density at radius 3 is 1.41 bits per heavy atom. The lowest BCUT2D eigenvalue weighted by atomic mass is 9.97. The topological polar surface area (TPSA) is 52.6 Å². The Labute approximate surface area is 203 Å². The van der Waals surface area contributed by atoms with Crippen molar-refractivity contribution in [3.05, 3.63) is 47.5 Å². The van der Waals surface area contributed by atoms with Crippen molar-refractivity contribution in [3.8, 4) is 11.5 Å². The van der Waals surface area contributed by atoms with Gasteiger partial charge < -0.3 is 9.47 Å². The van der Waals surface area contributed by atoms with Crippen molar-refractivity contribution in [2.45, 2.75) is 91.9 Å². The van der Waals surface area contributed by atoms with Crippen LogP contribution in [0.3, 0.4) is 0 Å². The summed E-state index contributed by atoms with van der Waals surface area (Å²) in [6, 6.07) is 11.9. The van der Waals surface area contributed by atoms with Crippen LogP contribution in [0.25, 0.3) is 21.5 Å². The average molecular weight is 463 g/mol. The molecule has 4 nitrogen and oxygen atoms in total. The molecular formula is C30H38O4. The summed E-state index contributed by atoms with van der Waals surface area (Å²) in [7, 11) is 0. The van der Waals surface area contributed by atoms with Gasteiger partial charge in [-0.25, -0.2) is 0 Å². The summed E-state index contributed by atoms with van der Waals surface area (Å²) in [5.74, 6) is 0.664. The molecule has 0 amide bonds. The van der Waals surface area contributed by atoms with Crippen LogP contribution in [0.15, 0.2) is 36.4 Å². The predicted octanol–water partition coefficient (Wildman–Crippen LogP) is 8.36. The second kappa shape index (κ2) is 12.5. The summed E-state index contributed by atoms with van der Waals surface area (Å²) in [5, 5.41) is 3.18. The van der Waals surface area contributed by atoms with E-state index in [0.29, 0.717) is 24.3 Å². The van der Waals surface area contributed by atoms with Crippen molar-refractivity contribution >= 4 is 33.5 Å². The van der Waals surface area contributed by atoms with Crippen LogP contribution in [0, 0.1) is 13.8 Å². The maximum Gasteiger partial charge on any atom is 0.311 e. The van der Waals surface area contributed by atoms with E-state index in [4.69, 9.17) is 9.47 Å². The summed E-state index contributed by atoms with van der Waals surface area (Å²) < 4.78 is 12.0. The number of rotatable bonds is 12. The van der Waals surface area contributed by atoms with Gasteiger partial charge in [-0.05, 0) is 38.8 Å². The molecule has 0 heterocycles. The zero-order chi connectivity index (χ0) is 24.5. The molecule has 34 heavy (non-hydrogen) atoms. The average Bonchev–Trinajstić information content (AvgIpc) is 2.81. The molecule has 3 aromatic carbocycles. The van der Waals surface area contributed by atoms with E-state index >= 15 is 0 Å². The Morgan fingerprint density at radius 2 is 1.00 bits per heavy atom. The predicted molar refractivity (Wildman–Crippen MR) is 140 cm³/mol. The largest absolute Gasteiger partial charge is 0.425 e. The summed E-state index contributed by atoms with van der Waals surface area (Å²) in [4.78, 5) is 25.5. The number of carbonyl (C=O) groups is 2. The molecule has 0 unspecified atom stereocenters. The fraction of sp³-hybridized carbons (Fsp3) is 0.467. The fourth-order valence-corrected chi connectivity index (χ4v) is 4.32. The summed E-state index contributed by atoms with van der Waals surface area (Å²) in [6.45, 7) is 8.33. The quantitative estimate of drug-likeness (QED) is 0.117. The Hall–Kier alpha value is -2.88. The highest BCUT2D eigenvalue weighted by Gasteiger charge is 2.20. The maximum atomic E-state index is 12.8. The monoisotopic (exact) mass is 462 g/mol. The van der Waals surface area contributed by atoms with E-state index in [0.717, 1.165) is 84.0 Å². The van der Waals surface area contributed by atoms with Crippen LogP contribution < -0.4 is 9.47 Å². The molecular weight excluding hydrogens is 424 g/mol. The number of carbonyl (C=O) groups excluding carboxylic acids is 2. The second-order valence-corrected chi connectivity index (χ2v) is 9.33. The van der Waals surface area contributed by atoms with E-state index in [-0.39, 0.29) is 11.9 Å². The third kappa shape index (κ3) is 6.59. The number of fused-ring (bicyclic) bond motifs is 2. The van der Waals surface area contributed by atoms with Crippen molar-refractivity contribution in [2.24, 2.45) is 0 Å². The highest BCUT2D eigenvalue weighted by Crippen LogP contribution is 2.44. The Morgan fingerprint density at radius 1 is 0.588 bits per heavy atom. The fourth-order valence-electron chi connectivity index (χ4n) is 4.32. The third-order valence-corrected chi connectivity index (χ3v) is 6.23. The lowest BCUT2D eigenvalue weighted by molar-refractivity contribution is -0.135. The van der Waals surface area contributed by atoms with Crippen molar-refractivity contribution in [1.29, 1.82) is 0 Å². The van der Waals surface area contributed by atoms with Crippen LogP contribution in [0.2, 0.25) is 0 Å². The molecule has 3 aromatic rings. The van der Waals surface area contributed by atoms with Gasteiger partial charge in [-0.15, -0.1) is 0 Å². The zero-order valence-corrected chi connectivity index (χ0v) is 21.2. The van der Waals surface area contributed by atoms with Crippen molar-refractivity contribution in [1.82, 2.24) is 0 Å². The molecule has 182 valence electrons. The SMILES string of the molecule is CCCCCCC(=O)Oc1c2ccc(C)cc2c(OC(=O)CCCCCC)c2cc(C)ccc12. The first-order valence-corrected chi connectivity index (χ1v) is 12.8. The maximum absolute atomic E-state index is 12.8. The van der Waals surface area contributed by atoms with Crippen molar-refractivity contribution in [2.75, 3.05) is 0 Å². The molecule has 0 fully saturated rings. The molecule has 0 radical (unpaired) electrons. The number of unbranched alkanes of at least 4 members (excludes halogenated alkanes) is 6. The molecule has 0 aliphatic carbocycles. The van der Waals surface area contributed by atoms with E-state index in [1.54, 1.807) is 0 Å². The lowest BCUT2D eigenvalue weighted by Crippen LogP contribution is -2.11. The van der Waals surface area contributed by atoms with Crippen LogP contribution in [0.5, 0.6) is 11.5 Å². The first-order valence-electron chi connectivity index (χ1n) is 12.8. The first-order chi connectivity index (χ1) is 16.4. The van der Waals surface area contributed by atoms with E-state index < -0.39 is 0 Å². The molecule has 0 aromatic heterocycles. The third-order valence-electron chi connectivity index (χ3n) is 6.23. The van der Waals surface area contributed by atoms with Crippen LogP contribution in [0.1, 0.15) is 89.2 Å². The van der Waals surface area contributed by atoms with Gasteiger partial charge in [-0.2, -0.15) is 0 Å². The number of benzene rings is 3. The van der Waals surface area contributed by atoms with E-state index in [2.05, 4.69) is 13.8 Å². The normalized spacial score (nSPS) is 11.2. The van der Waals surface area contributed by atoms with Gasteiger partial charge in [0.1, 0.15) is 11.5 Å². The van der Waals surface area contributed by atoms with Crippen molar-refractivity contribution < 1.29 is 19.1 Å². The Balaban J connectivity index is 2.02. The second-order valence-electron chi connectivity index (χ2n) is 9.33. The number of hydrogen-bond acceptors (Lipinski definition) is 4. The minimum Gasteiger partial charge on any atom is -0.425 e. The highest BCUT2D eigenvalue weighted by atomic mass is 16.5. The van der Waals surface area contributed by atoms with Crippen LogP contribution in [0.4, 0.5) is 0 Å². The molecule has 0 saturated carbocycles. The molecule has 3 rings (SSSR count). The number of ether oxygens (including phenoxy) is 2. The van der Waals surface area contributed by atoms with Gasteiger partial charge in [-0.3, -0.25) is 9.59 Å². The smallest absolute Gasteiger partial charge is 0.311 e. The molecule has 0 aliphatic heterocycles. The van der Waals surface area contributed by atoms with Gasteiger partial charge in [0, 0.05) is 34.4 Å². The minimum atomic E-state index is -0.222. The molecule has 4 heteroatoms. The molecule has 0 N–H and O–H groups in total. The van der Waals surface area contributed by atoms with Crippen molar-refractivity contribution in [3.63, 3.8) is 0 Å². The molecule has 0 atom stereocenters. The Kier molecular flexibility index (Phi) is 9.50. The first kappa shape index (κ1) is 25.7. The molecule has 0 bridgehead atoms. The number of aryl methyl sites for hydroxylation is 2. The van der Waals surface area contributed by atoms with Crippen LogP contribution in [-0.4, -0.2) is 11.9 Å². The number of esters is 2. The van der Waals surface area contributed by atoms with Crippen LogP contribution >= 0.6 is 0 Å². The highest BCUT2D eigenvalue weighted by molar-refractivity contribution is 6.13. The zero-order valence-electron chi connectivity index (χ0n) is 21.2. The Bertz CT molecular complexity index is 1080. The number of hydrogen-bond donors (Lipinski definition) is 0. The molecule has 0 saturated heterocycles. The molecule has 0 aliphatic rings. The van der Waals surface area contributed by atoms with E-state index in [9.17, 15) is 9.59 Å². The molecule has 0 spiro atoms. The van der Waals surface area contributed by atoms with Gasteiger partial charge in [0.05, 0.1) is 0 Å². The minimum absolute atomic E-state index is 0.220. The summed E-state index contributed by atoms with van der Waals surface area (Å²) in [5.41, 5.74) is 2.10. The van der Waals surface area contributed by atoms with Gasteiger partial charge in [0.15, 0.2) is 0 Å². The van der Waals surface area contributed by atoms with Gasteiger partial charge in [0.2, 0.25) is 0 Å².